The Morgan fingerprint density at radius 1 is 1.28 bits per heavy atom. The Morgan fingerprint density at radius 3 is 2.72 bits per heavy atom. The van der Waals surface area contributed by atoms with E-state index >= 15 is 0 Å². The lowest BCUT2D eigenvalue weighted by atomic mass is 9.88. The summed E-state index contributed by atoms with van der Waals surface area (Å²) in [5.74, 6) is 1.72. The van der Waals surface area contributed by atoms with Crippen molar-refractivity contribution in [3.05, 3.63) is 5.82 Å². The van der Waals surface area contributed by atoms with Crippen LogP contribution in [-0.4, -0.2) is 50.8 Å². The molecule has 0 aliphatic carbocycles. The third kappa shape index (κ3) is 2.70. The van der Waals surface area contributed by atoms with Gasteiger partial charge in [0.25, 0.3) is 0 Å². The molecule has 0 bridgehead atoms. The van der Waals surface area contributed by atoms with E-state index < -0.39 is 0 Å². The number of aromatic nitrogens is 4. The van der Waals surface area contributed by atoms with Crippen LogP contribution in [-0.2, 0) is 13.6 Å². The lowest BCUT2D eigenvalue weighted by Crippen LogP contribution is -2.40. The van der Waals surface area contributed by atoms with Crippen LogP contribution in [0.3, 0.4) is 0 Å². The number of hydrogen-bond donors (Lipinski definition) is 1. The normalized spacial score (nSPS) is 26.8. The second-order valence-electron chi connectivity index (χ2n) is 5.51. The number of nitrogens with one attached hydrogen (secondary N) is 1. The van der Waals surface area contributed by atoms with Crippen molar-refractivity contribution in [1.82, 2.24) is 30.4 Å². The van der Waals surface area contributed by atoms with E-state index in [1.165, 1.54) is 50.1 Å². The van der Waals surface area contributed by atoms with Gasteiger partial charge < -0.3 is 5.32 Å². The summed E-state index contributed by atoms with van der Waals surface area (Å²) < 4.78 is 0. The van der Waals surface area contributed by atoms with Crippen molar-refractivity contribution in [1.29, 1.82) is 0 Å². The molecule has 2 saturated heterocycles. The zero-order valence-electron chi connectivity index (χ0n) is 11.0. The largest absolute Gasteiger partial charge is 0.314 e. The lowest BCUT2D eigenvalue weighted by Gasteiger charge is -2.34. The van der Waals surface area contributed by atoms with Crippen LogP contribution in [0.15, 0.2) is 0 Å². The second kappa shape index (κ2) is 5.32. The average Bonchev–Trinajstić information content (AvgIpc) is 3.02. The molecule has 0 radical (unpaired) electrons. The highest BCUT2D eigenvalue weighted by atomic mass is 15.6. The molecule has 0 amide bonds. The maximum Gasteiger partial charge on any atom is 0.188 e. The first-order chi connectivity index (χ1) is 8.81. The molecule has 1 aromatic heterocycles. The van der Waals surface area contributed by atoms with E-state index in [-0.39, 0.29) is 0 Å². The Morgan fingerprint density at radius 2 is 2.11 bits per heavy atom. The van der Waals surface area contributed by atoms with Crippen molar-refractivity contribution < 1.29 is 0 Å². The first kappa shape index (κ1) is 12.0. The predicted molar refractivity (Wildman–Crippen MR) is 67.8 cm³/mol. The lowest BCUT2D eigenvalue weighted by molar-refractivity contribution is 0.154. The summed E-state index contributed by atoms with van der Waals surface area (Å²) in [6.45, 7) is 4.40. The second-order valence-corrected chi connectivity index (χ2v) is 5.51. The van der Waals surface area contributed by atoms with Gasteiger partial charge in [0.05, 0.1) is 13.6 Å². The molecule has 3 heterocycles. The molecule has 1 N–H and O–H groups in total. The van der Waals surface area contributed by atoms with Crippen LogP contribution < -0.4 is 5.32 Å². The van der Waals surface area contributed by atoms with E-state index in [1.54, 1.807) is 0 Å². The highest BCUT2D eigenvalue weighted by molar-refractivity contribution is 4.87. The van der Waals surface area contributed by atoms with Crippen LogP contribution in [0.25, 0.3) is 0 Å². The molecule has 0 aromatic carbocycles. The summed E-state index contributed by atoms with van der Waals surface area (Å²) in [5, 5.41) is 15.8. The van der Waals surface area contributed by atoms with Crippen LogP contribution in [0.1, 0.15) is 31.5 Å². The number of tetrazole rings is 1. The zero-order valence-corrected chi connectivity index (χ0v) is 11.0. The zero-order chi connectivity index (χ0) is 12.4. The van der Waals surface area contributed by atoms with E-state index in [0.717, 1.165) is 24.3 Å². The highest BCUT2D eigenvalue weighted by Gasteiger charge is 2.28. The molecule has 0 spiro atoms. The minimum absolute atomic E-state index is 0.779. The van der Waals surface area contributed by atoms with Crippen molar-refractivity contribution in [3.63, 3.8) is 0 Å². The monoisotopic (exact) mass is 250 g/mol. The number of aryl methyl sites for hydroxylation is 1. The molecule has 2 aliphatic heterocycles. The third-order valence-corrected chi connectivity index (χ3v) is 4.21. The fourth-order valence-electron chi connectivity index (χ4n) is 3.21. The Kier molecular flexibility index (Phi) is 3.56. The van der Waals surface area contributed by atoms with Gasteiger partial charge in [-0.25, -0.2) is 0 Å². The first-order valence-corrected chi connectivity index (χ1v) is 7.00. The Hall–Kier alpha value is -1.01. The maximum absolute atomic E-state index is 4.24. The summed E-state index contributed by atoms with van der Waals surface area (Å²) in [6.07, 6.45) is 5.33. The van der Waals surface area contributed by atoms with Gasteiger partial charge in [-0.05, 0) is 56.4 Å². The van der Waals surface area contributed by atoms with E-state index in [9.17, 15) is 0 Å². The summed E-state index contributed by atoms with van der Waals surface area (Å²) >= 11 is 0. The number of piperidine rings is 1. The average molecular weight is 250 g/mol. The molecule has 3 rings (SSSR count). The number of nitrogens with zero attached hydrogens (tertiary/aromatic N) is 5. The van der Waals surface area contributed by atoms with Crippen LogP contribution in [0.2, 0.25) is 0 Å². The molecule has 0 saturated carbocycles. The fourth-order valence-corrected chi connectivity index (χ4v) is 3.21. The molecule has 1 atom stereocenters. The molecule has 2 fully saturated rings. The van der Waals surface area contributed by atoms with Gasteiger partial charge >= 0.3 is 0 Å². The van der Waals surface area contributed by atoms with Gasteiger partial charge in [-0.1, -0.05) is 0 Å². The Bertz CT molecular complexity index is 376. The number of hydrogen-bond acceptors (Lipinski definition) is 5. The topological polar surface area (TPSA) is 58.9 Å². The van der Waals surface area contributed by atoms with E-state index in [0.29, 0.717) is 0 Å². The van der Waals surface area contributed by atoms with Crippen LogP contribution >= 0.6 is 0 Å². The Labute approximate surface area is 108 Å². The fraction of sp³-hybridized carbons (Fsp3) is 0.917. The predicted octanol–water partition coefficient (Wildman–Crippen LogP) is 0.174. The van der Waals surface area contributed by atoms with Gasteiger partial charge in [-0.2, -0.15) is 4.80 Å². The summed E-state index contributed by atoms with van der Waals surface area (Å²) in [5.41, 5.74) is 0. The van der Waals surface area contributed by atoms with Crippen molar-refractivity contribution in [3.8, 4) is 0 Å². The third-order valence-electron chi connectivity index (χ3n) is 4.21. The van der Waals surface area contributed by atoms with Gasteiger partial charge in [0, 0.05) is 6.04 Å². The smallest absolute Gasteiger partial charge is 0.188 e. The molecular weight excluding hydrogens is 228 g/mol. The summed E-state index contributed by atoms with van der Waals surface area (Å²) in [6, 6.07) is 0.779. The van der Waals surface area contributed by atoms with E-state index in [4.69, 9.17) is 0 Å². The molecule has 2 aliphatic rings. The Balaban J connectivity index is 1.47. The van der Waals surface area contributed by atoms with Crippen LogP contribution in [0, 0.1) is 5.92 Å². The molecular formula is C12H22N6. The molecule has 1 unspecified atom stereocenters. The molecule has 1 aromatic rings. The van der Waals surface area contributed by atoms with Crippen molar-refractivity contribution in [2.45, 2.75) is 38.3 Å². The minimum atomic E-state index is 0.779. The SMILES string of the molecule is Cn1nnc(CN2CCC(C3CCCN3)CC2)n1. The first-order valence-electron chi connectivity index (χ1n) is 7.00. The minimum Gasteiger partial charge on any atom is -0.314 e. The molecule has 18 heavy (non-hydrogen) atoms. The summed E-state index contributed by atoms with van der Waals surface area (Å²) in [4.78, 5) is 3.98. The van der Waals surface area contributed by atoms with Crippen LogP contribution in [0.4, 0.5) is 0 Å². The molecule has 100 valence electrons. The van der Waals surface area contributed by atoms with Crippen molar-refractivity contribution in [2.75, 3.05) is 19.6 Å². The van der Waals surface area contributed by atoms with Crippen LogP contribution in [0.5, 0.6) is 0 Å². The molecule has 6 heteroatoms. The maximum atomic E-state index is 4.24. The number of rotatable bonds is 3. The van der Waals surface area contributed by atoms with Crippen molar-refractivity contribution in [2.24, 2.45) is 13.0 Å². The van der Waals surface area contributed by atoms with E-state index in [2.05, 4.69) is 25.6 Å². The number of likely N-dealkylation sites (tertiary alicyclic amines) is 1. The standard InChI is InChI=1S/C12H22N6/c1-17-15-12(14-16-17)9-18-7-4-10(5-8-18)11-3-2-6-13-11/h10-11,13H,2-9H2,1H3. The summed E-state index contributed by atoms with van der Waals surface area (Å²) in [7, 11) is 1.81. The molecule has 6 nitrogen and oxygen atoms in total. The van der Waals surface area contributed by atoms with Gasteiger partial charge in [-0.15, -0.1) is 10.2 Å². The van der Waals surface area contributed by atoms with Gasteiger partial charge in [-0.3, -0.25) is 4.90 Å². The van der Waals surface area contributed by atoms with Gasteiger partial charge in [0.2, 0.25) is 0 Å². The highest BCUT2D eigenvalue weighted by Crippen LogP contribution is 2.25. The van der Waals surface area contributed by atoms with Crippen molar-refractivity contribution >= 4 is 0 Å². The quantitative estimate of drug-likeness (QED) is 0.829. The van der Waals surface area contributed by atoms with E-state index in [1.807, 2.05) is 7.05 Å². The van der Waals surface area contributed by atoms with Gasteiger partial charge in [0.1, 0.15) is 0 Å². The van der Waals surface area contributed by atoms with Gasteiger partial charge in [0.15, 0.2) is 5.82 Å².